The quantitative estimate of drug-likeness (QED) is 0.203. The van der Waals surface area contributed by atoms with Crippen molar-refractivity contribution in [3.63, 3.8) is 0 Å². The van der Waals surface area contributed by atoms with Crippen molar-refractivity contribution in [1.82, 2.24) is 19.9 Å². The third-order valence-corrected chi connectivity index (χ3v) is 6.12. The van der Waals surface area contributed by atoms with E-state index in [1.54, 1.807) is 12.3 Å². The van der Waals surface area contributed by atoms with Gasteiger partial charge in [0.25, 0.3) is 5.69 Å². The lowest BCUT2D eigenvalue weighted by molar-refractivity contribution is -0.385. The lowest BCUT2D eigenvalue weighted by atomic mass is 10.0. The van der Waals surface area contributed by atoms with Gasteiger partial charge in [-0.25, -0.2) is 9.97 Å². The second-order valence-electron chi connectivity index (χ2n) is 9.41. The number of anilines is 2. The molecule has 37 heavy (non-hydrogen) atoms. The summed E-state index contributed by atoms with van der Waals surface area (Å²) in [6.45, 7) is 7.76. The predicted octanol–water partition coefficient (Wildman–Crippen LogP) is 5.78. The van der Waals surface area contributed by atoms with Gasteiger partial charge in [-0.15, -0.1) is 0 Å². The van der Waals surface area contributed by atoms with Gasteiger partial charge in [0.15, 0.2) is 0 Å². The van der Waals surface area contributed by atoms with Crippen LogP contribution in [0.2, 0.25) is 0 Å². The van der Waals surface area contributed by atoms with Crippen LogP contribution in [0, 0.1) is 35.8 Å². The molecule has 2 aromatic carbocycles. The Morgan fingerprint density at radius 1 is 1.05 bits per heavy atom. The Morgan fingerprint density at radius 2 is 1.84 bits per heavy atom. The standard InChI is InChI=1S/C28H28N6O3/c1-18-13-21(8-10-26(18)37-22-9-7-19(2)29-16-22)32-27-23-15-25(34(35)36)20(14-24(23)30-17-31-27)11-12-28(3,4)33(5)6/h7-10,13-17H,1-6H3,(H,30,31,32). The number of nitrogens with zero attached hydrogens (tertiary/aromatic N) is 5. The molecule has 1 N–H and O–H groups in total. The zero-order chi connectivity index (χ0) is 26.7. The number of pyridine rings is 1. The Hall–Kier alpha value is -4.55. The van der Waals surface area contributed by atoms with Gasteiger partial charge < -0.3 is 10.1 Å². The van der Waals surface area contributed by atoms with Gasteiger partial charge in [-0.1, -0.05) is 11.8 Å². The molecular weight excluding hydrogens is 468 g/mol. The molecule has 4 rings (SSSR count). The molecule has 0 atom stereocenters. The Bertz CT molecular complexity index is 1540. The summed E-state index contributed by atoms with van der Waals surface area (Å²) in [5, 5.41) is 15.7. The van der Waals surface area contributed by atoms with Crippen molar-refractivity contribution in [2.24, 2.45) is 0 Å². The normalized spacial score (nSPS) is 11.2. The zero-order valence-corrected chi connectivity index (χ0v) is 21.7. The van der Waals surface area contributed by atoms with Crippen molar-refractivity contribution >= 4 is 28.1 Å². The molecule has 0 bridgehead atoms. The van der Waals surface area contributed by atoms with E-state index < -0.39 is 10.5 Å². The summed E-state index contributed by atoms with van der Waals surface area (Å²) >= 11 is 0. The van der Waals surface area contributed by atoms with Crippen molar-refractivity contribution in [2.75, 3.05) is 19.4 Å². The third-order valence-electron chi connectivity index (χ3n) is 6.12. The number of hydrogen-bond donors (Lipinski definition) is 1. The van der Waals surface area contributed by atoms with Gasteiger partial charge in [-0.3, -0.25) is 20.0 Å². The van der Waals surface area contributed by atoms with Crippen LogP contribution >= 0.6 is 0 Å². The molecule has 0 saturated heterocycles. The number of ether oxygens (including phenoxy) is 1. The molecule has 0 spiro atoms. The smallest absolute Gasteiger partial charge is 0.285 e. The number of nitrogens with one attached hydrogen (secondary N) is 1. The maximum atomic E-state index is 11.9. The lowest BCUT2D eigenvalue weighted by Gasteiger charge is -2.26. The minimum Gasteiger partial charge on any atom is -0.455 e. The molecule has 0 aliphatic carbocycles. The molecule has 0 aliphatic heterocycles. The van der Waals surface area contributed by atoms with Gasteiger partial charge in [0, 0.05) is 22.8 Å². The van der Waals surface area contributed by atoms with Crippen LogP contribution in [0.3, 0.4) is 0 Å². The van der Waals surface area contributed by atoms with E-state index in [1.165, 1.54) is 12.4 Å². The van der Waals surface area contributed by atoms with E-state index in [4.69, 9.17) is 4.74 Å². The van der Waals surface area contributed by atoms with E-state index in [9.17, 15) is 10.1 Å². The Morgan fingerprint density at radius 3 is 2.49 bits per heavy atom. The Kier molecular flexibility index (Phi) is 7.05. The van der Waals surface area contributed by atoms with Crippen LogP contribution in [0.25, 0.3) is 10.9 Å². The molecule has 9 nitrogen and oxygen atoms in total. The summed E-state index contributed by atoms with van der Waals surface area (Å²) in [6, 6.07) is 12.5. The van der Waals surface area contributed by atoms with Gasteiger partial charge in [0.05, 0.1) is 22.2 Å². The molecule has 4 aromatic rings. The molecule has 0 fully saturated rings. The van der Waals surface area contributed by atoms with Crippen LogP contribution in [0.15, 0.2) is 55.0 Å². The second-order valence-corrected chi connectivity index (χ2v) is 9.41. The highest BCUT2D eigenvalue weighted by Gasteiger charge is 2.20. The fourth-order valence-electron chi connectivity index (χ4n) is 3.39. The number of aromatic nitrogens is 3. The monoisotopic (exact) mass is 496 g/mol. The Labute approximate surface area is 215 Å². The summed E-state index contributed by atoms with van der Waals surface area (Å²) in [7, 11) is 3.82. The molecule has 2 heterocycles. The topological polar surface area (TPSA) is 106 Å². The van der Waals surface area contributed by atoms with Crippen LogP contribution in [0.5, 0.6) is 11.5 Å². The van der Waals surface area contributed by atoms with E-state index in [0.717, 1.165) is 16.9 Å². The first-order valence-electron chi connectivity index (χ1n) is 11.7. The number of rotatable bonds is 6. The maximum Gasteiger partial charge on any atom is 0.285 e. The number of fused-ring (bicyclic) bond motifs is 1. The molecule has 0 unspecified atom stereocenters. The summed E-state index contributed by atoms with van der Waals surface area (Å²) in [5.41, 5.74) is 2.88. The van der Waals surface area contributed by atoms with Gasteiger partial charge in [-0.05, 0) is 83.8 Å². The van der Waals surface area contributed by atoms with Gasteiger partial charge in [0.2, 0.25) is 0 Å². The Balaban J connectivity index is 1.66. The van der Waals surface area contributed by atoms with Crippen molar-refractivity contribution in [3.05, 3.63) is 81.9 Å². The number of nitro groups is 1. The first-order chi connectivity index (χ1) is 17.5. The third kappa shape index (κ3) is 5.82. The molecule has 0 aliphatic rings. The second kappa shape index (κ2) is 10.2. The van der Waals surface area contributed by atoms with Gasteiger partial charge >= 0.3 is 0 Å². The van der Waals surface area contributed by atoms with E-state index in [-0.39, 0.29) is 5.69 Å². The summed E-state index contributed by atoms with van der Waals surface area (Å²) in [4.78, 5) is 26.3. The van der Waals surface area contributed by atoms with Crippen molar-refractivity contribution in [3.8, 4) is 23.3 Å². The highest BCUT2D eigenvalue weighted by molar-refractivity contribution is 5.93. The fraction of sp³-hybridized carbons (Fsp3) is 0.250. The van der Waals surface area contributed by atoms with Gasteiger partial charge in [0.1, 0.15) is 29.2 Å². The average molecular weight is 497 g/mol. The van der Waals surface area contributed by atoms with E-state index in [0.29, 0.717) is 33.8 Å². The first kappa shape index (κ1) is 25.5. The van der Waals surface area contributed by atoms with E-state index in [1.807, 2.05) is 77.0 Å². The van der Waals surface area contributed by atoms with Gasteiger partial charge in [-0.2, -0.15) is 0 Å². The largest absolute Gasteiger partial charge is 0.455 e. The van der Waals surface area contributed by atoms with E-state index >= 15 is 0 Å². The minimum atomic E-state index is -0.453. The number of benzene rings is 2. The minimum absolute atomic E-state index is 0.0981. The van der Waals surface area contributed by atoms with Crippen molar-refractivity contribution < 1.29 is 9.66 Å². The van der Waals surface area contributed by atoms with Crippen LogP contribution in [-0.4, -0.2) is 44.4 Å². The highest BCUT2D eigenvalue weighted by atomic mass is 16.6. The maximum absolute atomic E-state index is 11.9. The summed E-state index contributed by atoms with van der Waals surface area (Å²) < 4.78 is 5.95. The summed E-state index contributed by atoms with van der Waals surface area (Å²) in [6.07, 6.45) is 3.10. The molecule has 188 valence electrons. The molecule has 9 heteroatoms. The van der Waals surface area contributed by atoms with Crippen LogP contribution in [0.4, 0.5) is 17.2 Å². The lowest BCUT2D eigenvalue weighted by Crippen LogP contribution is -2.36. The first-order valence-corrected chi connectivity index (χ1v) is 11.7. The van der Waals surface area contributed by atoms with Crippen molar-refractivity contribution in [2.45, 2.75) is 33.2 Å². The molecular formula is C28H28N6O3. The number of aryl methyl sites for hydroxylation is 2. The fourth-order valence-corrected chi connectivity index (χ4v) is 3.39. The SMILES string of the molecule is Cc1ccc(Oc2ccc(Nc3ncnc4cc(C#CC(C)(C)N(C)C)c([N+](=O)[O-])cc34)cc2C)cn1. The predicted molar refractivity (Wildman–Crippen MR) is 144 cm³/mol. The van der Waals surface area contributed by atoms with E-state index in [2.05, 4.69) is 32.1 Å². The molecule has 0 radical (unpaired) electrons. The van der Waals surface area contributed by atoms with Crippen LogP contribution < -0.4 is 10.1 Å². The molecule has 0 amide bonds. The number of nitro benzene ring substituents is 1. The molecule has 2 aromatic heterocycles. The van der Waals surface area contributed by atoms with Crippen LogP contribution in [0.1, 0.15) is 30.7 Å². The zero-order valence-electron chi connectivity index (χ0n) is 21.7. The average Bonchev–Trinajstić information content (AvgIpc) is 2.85. The highest BCUT2D eigenvalue weighted by Crippen LogP contribution is 2.32. The van der Waals surface area contributed by atoms with Crippen molar-refractivity contribution in [1.29, 1.82) is 0 Å². The molecule has 0 saturated carbocycles. The summed E-state index contributed by atoms with van der Waals surface area (Å²) in [5.74, 6) is 7.90. The van der Waals surface area contributed by atoms with Crippen LogP contribution in [-0.2, 0) is 0 Å². The number of hydrogen-bond acceptors (Lipinski definition) is 8.